The Hall–Kier alpha value is -3.45. The number of hydrogen-bond donors (Lipinski definition) is 3. The molecule has 0 aliphatic rings. The van der Waals surface area contributed by atoms with E-state index in [1.165, 1.54) is 66.7 Å². The molecule has 10 nitrogen and oxygen atoms in total. The Morgan fingerprint density at radius 3 is 1.57 bits per heavy atom. The van der Waals surface area contributed by atoms with Gasteiger partial charge in [0.25, 0.3) is 31.9 Å². The molecule has 0 aromatic heterocycles. The number of halogens is 2. The summed E-state index contributed by atoms with van der Waals surface area (Å²) >= 11 is 12.0. The number of amides is 2. The molecule has 3 aromatic rings. The highest BCUT2D eigenvalue weighted by Crippen LogP contribution is 2.25. The largest absolute Gasteiger partial charge is 0.291 e. The second-order valence-electron chi connectivity index (χ2n) is 7.69. The van der Waals surface area contributed by atoms with Gasteiger partial charge in [0, 0.05) is 5.02 Å². The predicted octanol–water partition coefficient (Wildman–Crippen LogP) is 3.39. The smallest absolute Gasteiger partial charge is 0.276 e. The second-order valence-corrected chi connectivity index (χ2v) is 11.9. The number of sulfonamides is 2. The summed E-state index contributed by atoms with van der Waals surface area (Å²) in [6.07, 6.45) is 0. The third kappa shape index (κ3) is 7.29. The fourth-order valence-electron chi connectivity index (χ4n) is 2.80. The van der Waals surface area contributed by atoms with Crippen LogP contribution in [0.3, 0.4) is 0 Å². The maximum absolute atomic E-state index is 12.9. The summed E-state index contributed by atoms with van der Waals surface area (Å²) in [5.41, 5.74) is 2.85. The molecular formula is C23H20Cl2N4O6S2. The van der Waals surface area contributed by atoms with Crippen molar-refractivity contribution in [3.8, 4) is 0 Å². The molecule has 37 heavy (non-hydrogen) atoms. The van der Waals surface area contributed by atoms with Gasteiger partial charge in [-0.2, -0.15) is 5.10 Å². The SMILES string of the molecule is Cc1ccc(S(=O)(=O)NC(=O)C(=NNc2cc(Cl)ccc2Cl)C(=O)NS(=O)(=O)c2ccc(C)cc2)cc1. The Balaban J connectivity index is 1.95. The van der Waals surface area contributed by atoms with Crippen molar-refractivity contribution in [2.75, 3.05) is 5.43 Å². The van der Waals surface area contributed by atoms with Crippen molar-refractivity contribution in [2.24, 2.45) is 5.10 Å². The lowest BCUT2D eigenvalue weighted by atomic mass is 10.2. The van der Waals surface area contributed by atoms with Gasteiger partial charge in [0.1, 0.15) is 0 Å². The fraction of sp³-hybridized carbons (Fsp3) is 0.0870. The van der Waals surface area contributed by atoms with Crippen molar-refractivity contribution >= 4 is 66.5 Å². The molecule has 0 atom stereocenters. The van der Waals surface area contributed by atoms with Gasteiger partial charge in [0.15, 0.2) is 0 Å². The van der Waals surface area contributed by atoms with Gasteiger partial charge in [0.05, 0.1) is 20.5 Å². The molecule has 3 aromatic carbocycles. The lowest BCUT2D eigenvalue weighted by Crippen LogP contribution is -2.46. The number of hydrogen-bond acceptors (Lipinski definition) is 8. The first kappa shape index (κ1) is 28.1. The van der Waals surface area contributed by atoms with Gasteiger partial charge in [-0.05, 0) is 56.3 Å². The van der Waals surface area contributed by atoms with Crippen molar-refractivity contribution in [3.05, 3.63) is 87.9 Å². The third-order valence-corrected chi connectivity index (χ3v) is 8.02. The van der Waals surface area contributed by atoms with E-state index in [0.717, 1.165) is 11.1 Å². The molecule has 0 saturated carbocycles. The molecular weight excluding hydrogens is 563 g/mol. The topological polar surface area (TPSA) is 151 Å². The normalized spacial score (nSPS) is 11.4. The molecule has 3 N–H and O–H groups in total. The lowest BCUT2D eigenvalue weighted by molar-refractivity contribution is -0.117. The molecule has 194 valence electrons. The summed E-state index contributed by atoms with van der Waals surface area (Å²) in [5.74, 6) is -2.99. The number of carbonyl (C=O) groups is 2. The Morgan fingerprint density at radius 1 is 0.703 bits per heavy atom. The van der Waals surface area contributed by atoms with E-state index >= 15 is 0 Å². The first-order valence-corrected chi connectivity index (χ1v) is 14.1. The van der Waals surface area contributed by atoms with Gasteiger partial charge in [-0.15, -0.1) is 0 Å². The summed E-state index contributed by atoms with van der Waals surface area (Å²) in [5, 5.41) is 3.99. The third-order valence-electron chi connectivity index (χ3n) is 4.76. The van der Waals surface area contributed by atoms with Crippen molar-refractivity contribution < 1.29 is 26.4 Å². The van der Waals surface area contributed by atoms with Crippen LogP contribution >= 0.6 is 23.2 Å². The first-order chi connectivity index (χ1) is 17.3. The van der Waals surface area contributed by atoms with Crippen LogP contribution in [0.2, 0.25) is 10.0 Å². The minimum atomic E-state index is -4.44. The van der Waals surface area contributed by atoms with Crippen LogP contribution < -0.4 is 14.9 Å². The average Bonchev–Trinajstić information content (AvgIpc) is 2.81. The molecule has 0 heterocycles. The molecule has 0 unspecified atom stereocenters. The number of benzene rings is 3. The predicted molar refractivity (Wildman–Crippen MR) is 141 cm³/mol. The molecule has 0 fully saturated rings. The maximum Gasteiger partial charge on any atom is 0.291 e. The minimum Gasteiger partial charge on any atom is -0.276 e. The zero-order valence-electron chi connectivity index (χ0n) is 19.3. The molecule has 14 heteroatoms. The molecule has 0 aliphatic heterocycles. The quantitative estimate of drug-likeness (QED) is 0.209. The van der Waals surface area contributed by atoms with Gasteiger partial charge < -0.3 is 0 Å². The van der Waals surface area contributed by atoms with Crippen LogP contribution in [0.15, 0.2) is 81.6 Å². The number of nitrogens with one attached hydrogen (secondary N) is 3. The maximum atomic E-state index is 12.9. The Bertz CT molecular complexity index is 1500. The average molecular weight is 583 g/mol. The Kier molecular flexibility index (Phi) is 8.59. The van der Waals surface area contributed by atoms with E-state index in [1.807, 2.05) is 0 Å². The molecule has 0 radical (unpaired) electrons. The number of anilines is 1. The lowest BCUT2D eigenvalue weighted by Gasteiger charge is -2.12. The standard InChI is InChI=1S/C23H20Cl2N4O6S2/c1-14-3-8-17(9-4-14)36(32,33)28-22(30)21(27-26-20-13-16(24)7-12-19(20)25)23(31)29-37(34,35)18-10-5-15(2)6-11-18/h3-13,26H,1-2H3,(H,28,30)(H,29,31). The van der Waals surface area contributed by atoms with E-state index in [9.17, 15) is 26.4 Å². The molecule has 2 amide bonds. The highest BCUT2D eigenvalue weighted by atomic mass is 35.5. The summed E-state index contributed by atoms with van der Waals surface area (Å²) in [6, 6.07) is 15.3. The number of nitrogens with zero attached hydrogens (tertiary/aromatic N) is 1. The highest BCUT2D eigenvalue weighted by Gasteiger charge is 2.30. The van der Waals surface area contributed by atoms with Crippen LogP contribution in [0.1, 0.15) is 11.1 Å². The first-order valence-electron chi connectivity index (χ1n) is 10.3. The highest BCUT2D eigenvalue weighted by molar-refractivity contribution is 7.90. The number of carbonyl (C=O) groups excluding carboxylic acids is 2. The molecule has 0 bridgehead atoms. The van der Waals surface area contributed by atoms with Gasteiger partial charge in [0.2, 0.25) is 5.71 Å². The van der Waals surface area contributed by atoms with E-state index in [-0.39, 0.29) is 25.5 Å². The minimum absolute atomic E-state index is 0.0649. The summed E-state index contributed by atoms with van der Waals surface area (Å²) in [6.45, 7) is 3.48. The zero-order chi connectivity index (χ0) is 27.4. The van der Waals surface area contributed by atoms with E-state index in [4.69, 9.17) is 23.2 Å². The van der Waals surface area contributed by atoms with E-state index in [0.29, 0.717) is 0 Å². The Labute approximate surface area is 223 Å². The van der Waals surface area contributed by atoms with Crippen molar-refractivity contribution in [1.29, 1.82) is 0 Å². The molecule has 0 spiro atoms. The molecule has 0 saturated heterocycles. The monoisotopic (exact) mass is 582 g/mol. The Morgan fingerprint density at radius 2 is 1.14 bits per heavy atom. The number of rotatable bonds is 8. The molecule has 0 aliphatic carbocycles. The van der Waals surface area contributed by atoms with Crippen molar-refractivity contribution in [3.63, 3.8) is 0 Å². The number of aryl methyl sites for hydroxylation is 2. The fourth-order valence-corrected chi connectivity index (χ4v) is 5.04. The van der Waals surface area contributed by atoms with Crippen LogP contribution in [0.25, 0.3) is 0 Å². The van der Waals surface area contributed by atoms with Gasteiger partial charge >= 0.3 is 0 Å². The van der Waals surface area contributed by atoms with Crippen LogP contribution in [0.4, 0.5) is 5.69 Å². The second kappa shape index (κ2) is 11.3. The van der Waals surface area contributed by atoms with Gasteiger partial charge in [-0.25, -0.2) is 26.3 Å². The van der Waals surface area contributed by atoms with Crippen molar-refractivity contribution in [1.82, 2.24) is 9.44 Å². The van der Waals surface area contributed by atoms with Crippen LogP contribution in [-0.4, -0.2) is 34.4 Å². The van der Waals surface area contributed by atoms with Gasteiger partial charge in [-0.1, -0.05) is 58.6 Å². The summed E-state index contributed by atoms with van der Waals surface area (Å²) in [4.78, 5) is 25.3. The van der Waals surface area contributed by atoms with Crippen molar-refractivity contribution in [2.45, 2.75) is 23.6 Å². The van der Waals surface area contributed by atoms with Gasteiger partial charge in [-0.3, -0.25) is 15.0 Å². The number of hydrazone groups is 1. The summed E-state index contributed by atoms with van der Waals surface area (Å²) in [7, 11) is -8.88. The summed E-state index contributed by atoms with van der Waals surface area (Å²) < 4.78 is 54.2. The van der Waals surface area contributed by atoms with E-state index in [2.05, 4.69) is 10.5 Å². The van der Waals surface area contributed by atoms with Crippen LogP contribution in [0, 0.1) is 13.8 Å². The zero-order valence-corrected chi connectivity index (χ0v) is 22.5. The molecule has 3 rings (SSSR count). The van der Waals surface area contributed by atoms with E-state index in [1.54, 1.807) is 23.3 Å². The van der Waals surface area contributed by atoms with Crippen LogP contribution in [0.5, 0.6) is 0 Å². The van der Waals surface area contributed by atoms with Crippen LogP contribution in [-0.2, 0) is 29.6 Å². The van der Waals surface area contributed by atoms with E-state index < -0.39 is 37.6 Å².